The van der Waals surface area contributed by atoms with Crippen molar-refractivity contribution in [2.45, 2.75) is 96.4 Å². The number of hydrogen-bond acceptors (Lipinski definition) is 4. The van der Waals surface area contributed by atoms with Crippen molar-refractivity contribution >= 4 is 11.8 Å². The number of nitrogens with zero attached hydrogens (tertiary/aromatic N) is 1. The summed E-state index contributed by atoms with van der Waals surface area (Å²) < 4.78 is 0. The van der Waals surface area contributed by atoms with Crippen LogP contribution >= 0.6 is 0 Å². The third kappa shape index (κ3) is 7.54. The van der Waals surface area contributed by atoms with Gasteiger partial charge in [-0.15, -0.1) is 0 Å². The molecule has 1 heterocycles. The molecule has 6 heteroatoms. The molecular formula is C27H43N3O3. The van der Waals surface area contributed by atoms with E-state index in [9.17, 15) is 14.7 Å². The quantitative estimate of drug-likeness (QED) is 0.560. The standard InChI is InChI=1S/C27H43N3O3/c1-5-25(32)28-22(15-19-11-7-6-8-12-19)24(31)18-30-17-21-14-10-9-13-20(21)16-23(30)26(33)29-27(2,3)4/h6-8,11-12,20-24,31H,5,9-10,13-18H2,1-4H3,(H,28,32)(H,29,33)/t20-,21+,22-,23-,24+/m0/s1. The SMILES string of the molecule is CCC(=O)N[C@@H](Cc1ccccc1)[C@H](O)CN1C[C@H]2CCCC[C@H]2C[C@H]1C(=O)NC(C)(C)C. The molecule has 2 amide bonds. The summed E-state index contributed by atoms with van der Waals surface area (Å²) in [5, 5.41) is 17.5. The Bertz CT molecular complexity index is 777. The molecule has 1 aromatic carbocycles. The molecule has 2 fully saturated rings. The van der Waals surface area contributed by atoms with E-state index >= 15 is 0 Å². The first-order valence-corrected chi connectivity index (χ1v) is 12.7. The maximum Gasteiger partial charge on any atom is 0.237 e. The van der Waals surface area contributed by atoms with E-state index in [0.717, 1.165) is 18.5 Å². The third-order valence-electron chi connectivity index (χ3n) is 7.16. The van der Waals surface area contributed by atoms with Crippen LogP contribution in [0.5, 0.6) is 0 Å². The van der Waals surface area contributed by atoms with E-state index in [1.54, 1.807) is 0 Å². The van der Waals surface area contributed by atoms with Crippen LogP contribution in [0.25, 0.3) is 0 Å². The zero-order chi connectivity index (χ0) is 24.0. The van der Waals surface area contributed by atoms with Gasteiger partial charge in [0.2, 0.25) is 11.8 Å². The van der Waals surface area contributed by atoms with E-state index in [1.807, 2.05) is 58.0 Å². The van der Waals surface area contributed by atoms with Gasteiger partial charge in [0, 0.05) is 25.0 Å². The van der Waals surface area contributed by atoms with Crippen molar-refractivity contribution in [1.82, 2.24) is 15.5 Å². The Morgan fingerprint density at radius 1 is 1.12 bits per heavy atom. The van der Waals surface area contributed by atoms with E-state index in [0.29, 0.717) is 31.2 Å². The van der Waals surface area contributed by atoms with Gasteiger partial charge in [0.25, 0.3) is 0 Å². The molecule has 1 aromatic rings. The molecule has 184 valence electrons. The molecule has 0 bridgehead atoms. The average molecular weight is 458 g/mol. The maximum atomic E-state index is 13.3. The summed E-state index contributed by atoms with van der Waals surface area (Å²) in [6, 6.07) is 9.32. The first-order chi connectivity index (χ1) is 15.7. The molecule has 1 aliphatic carbocycles. The zero-order valence-corrected chi connectivity index (χ0v) is 20.8. The number of likely N-dealkylation sites (tertiary alicyclic amines) is 1. The van der Waals surface area contributed by atoms with Gasteiger partial charge in [-0.2, -0.15) is 0 Å². The second-order valence-corrected chi connectivity index (χ2v) is 11.0. The summed E-state index contributed by atoms with van der Waals surface area (Å²) in [5.41, 5.74) is 0.779. The fourth-order valence-electron chi connectivity index (χ4n) is 5.45. The van der Waals surface area contributed by atoms with Gasteiger partial charge in [-0.05, 0) is 57.4 Å². The van der Waals surface area contributed by atoms with Crippen molar-refractivity contribution in [3.63, 3.8) is 0 Å². The van der Waals surface area contributed by atoms with Crippen molar-refractivity contribution in [3.8, 4) is 0 Å². The Kier molecular flexibility index (Phi) is 8.94. The minimum absolute atomic E-state index is 0.0518. The molecule has 0 aromatic heterocycles. The second kappa shape index (κ2) is 11.5. The highest BCUT2D eigenvalue weighted by atomic mass is 16.3. The Labute approximate surface area is 199 Å². The molecule has 1 aliphatic heterocycles. The fraction of sp³-hybridized carbons (Fsp3) is 0.704. The summed E-state index contributed by atoms with van der Waals surface area (Å²) in [6.45, 7) is 9.06. The Morgan fingerprint density at radius 3 is 2.42 bits per heavy atom. The fourth-order valence-corrected chi connectivity index (χ4v) is 5.45. The second-order valence-electron chi connectivity index (χ2n) is 11.0. The smallest absolute Gasteiger partial charge is 0.237 e. The lowest BCUT2D eigenvalue weighted by atomic mass is 9.72. The van der Waals surface area contributed by atoms with E-state index in [1.165, 1.54) is 25.7 Å². The molecular weight excluding hydrogens is 414 g/mol. The van der Waals surface area contributed by atoms with Crippen LogP contribution in [-0.2, 0) is 16.0 Å². The van der Waals surface area contributed by atoms with Crippen molar-refractivity contribution in [2.24, 2.45) is 11.8 Å². The monoisotopic (exact) mass is 457 g/mol. The average Bonchev–Trinajstić information content (AvgIpc) is 2.77. The van der Waals surface area contributed by atoms with Crippen LogP contribution in [0.4, 0.5) is 0 Å². The summed E-state index contributed by atoms with van der Waals surface area (Å²) in [6.07, 6.45) is 5.93. The molecule has 3 rings (SSSR count). The summed E-state index contributed by atoms with van der Waals surface area (Å²) in [7, 11) is 0. The number of rotatable bonds is 8. The number of amides is 2. The Hall–Kier alpha value is -1.92. The summed E-state index contributed by atoms with van der Waals surface area (Å²) in [5.74, 6) is 1.16. The van der Waals surface area contributed by atoms with Crippen LogP contribution in [0.3, 0.4) is 0 Å². The van der Waals surface area contributed by atoms with Crippen molar-refractivity contribution in [2.75, 3.05) is 13.1 Å². The molecule has 1 saturated carbocycles. The largest absolute Gasteiger partial charge is 0.390 e. The highest BCUT2D eigenvalue weighted by Gasteiger charge is 2.41. The van der Waals surface area contributed by atoms with Crippen LogP contribution in [0.15, 0.2) is 30.3 Å². The number of carbonyl (C=O) groups is 2. The maximum absolute atomic E-state index is 13.3. The number of aliphatic hydroxyl groups excluding tert-OH is 1. The van der Waals surface area contributed by atoms with Crippen LogP contribution < -0.4 is 10.6 Å². The normalized spacial score (nSPS) is 25.5. The lowest BCUT2D eigenvalue weighted by Crippen LogP contribution is -2.60. The molecule has 1 saturated heterocycles. The van der Waals surface area contributed by atoms with Gasteiger partial charge in [0.15, 0.2) is 0 Å². The first-order valence-electron chi connectivity index (χ1n) is 12.7. The highest BCUT2D eigenvalue weighted by molar-refractivity contribution is 5.82. The number of hydrogen-bond donors (Lipinski definition) is 3. The molecule has 0 spiro atoms. The summed E-state index contributed by atoms with van der Waals surface area (Å²) in [4.78, 5) is 27.7. The number of benzene rings is 1. The van der Waals surface area contributed by atoms with Gasteiger partial charge in [-0.1, -0.05) is 56.5 Å². The predicted octanol–water partition coefficient (Wildman–Crippen LogP) is 3.28. The van der Waals surface area contributed by atoms with E-state index < -0.39 is 12.1 Å². The van der Waals surface area contributed by atoms with Gasteiger partial charge in [-0.3, -0.25) is 14.5 Å². The molecule has 5 atom stereocenters. The minimum atomic E-state index is -0.759. The lowest BCUT2D eigenvalue weighted by Gasteiger charge is -2.47. The van der Waals surface area contributed by atoms with Gasteiger partial charge >= 0.3 is 0 Å². The predicted molar refractivity (Wildman–Crippen MR) is 132 cm³/mol. The Balaban J connectivity index is 1.76. The van der Waals surface area contributed by atoms with Crippen molar-refractivity contribution in [1.29, 1.82) is 0 Å². The highest BCUT2D eigenvalue weighted by Crippen LogP contribution is 2.38. The van der Waals surface area contributed by atoms with E-state index in [4.69, 9.17) is 0 Å². The van der Waals surface area contributed by atoms with Gasteiger partial charge in [-0.25, -0.2) is 0 Å². The summed E-state index contributed by atoms with van der Waals surface area (Å²) >= 11 is 0. The van der Waals surface area contributed by atoms with Crippen molar-refractivity contribution in [3.05, 3.63) is 35.9 Å². The minimum Gasteiger partial charge on any atom is -0.390 e. The third-order valence-corrected chi connectivity index (χ3v) is 7.16. The number of piperidine rings is 1. The number of aliphatic hydroxyl groups is 1. The van der Waals surface area contributed by atoms with Crippen molar-refractivity contribution < 1.29 is 14.7 Å². The topological polar surface area (TPSA) is 81.7 Å². The lowest BCUT2D eigenvalue weighted by molar-refractivity contribution is -0.133. The number of nitrogens with one attached hydrogen (secondary N) is 2. The van der Waals surface area contributed by atoms with Gasteiger partial charge < -0.3 is 15.7 Å². The number of carbonyl (C=O) groups excluding carboxylic acids is 2. The molecule has 2 aliphatic rings. The number of fused-ring (bicyclic) bond motifs is 1. The molecule has 6 nitrogen and oxygen atoms in total. The molecule has 33 heavy (non-hydrogen) atoms. The van der Waals surface area contributed by atoms with E-state index in [2.05, 4.69) is 15.5 Å². The van der Waals surface area contributed by atoms with Gasteiger partial charge in [0.05, 0.1) is 18.2 Å². The van der Waals surface area contributed by atoms with Crippen LogP contribution in [0.1, 0.15) is 71.8 Å². The first kappa shape index (κ1) is 25.7. The van der Waals surface area contributed by atoms with Crippen LogP contribution in [0, 0.1) is 11.8 Å². The van der Waals surface area contributed by atoms with Gasteiger partial charge in [0.1, 0.15) is 0 Å². The van der Waals surface area contributed by atoms with E-state index in [-0.39, 0.29) is 23.4 Å². The van der Waals surface area contributed by atoms with Crippen LogP contribution in [-0.4, -0.2) is 58.6 Å². The molecule has 0 unspecified atom stereocenters. The zero-order valence-electron chi connectivity index (χ0n) is 20.8. The Morgan fingerprint density at radius 2 is 1.79 bits per heavy atom. The molecule has 3 N–H and O–H groups in total. The molecule has 0 radical (unpaired) electrons. The number of β-amino-alcohol motifs (C(OH)–C–C–N with tert-alkyl or cyclic N) is 1. The van der Waals surface area contributed by atoms with Crippen LogP contribution in [0.2, 0.25) is 0 Å².